The van der Waals surface area contributed by atoms with Crippen molar-refractivity contribution < 1.29 is 0 Å². The minimum Gasteiger partial charge on any atom is -0.226 e. The Bertz CT molecular complexity index is 240. The molecular formula is C5H2Cl4N2. The van der Waals surface area contributed by atoms with Crippen LogP contribution in [0.3, 0.4) is 0 Å². The van der Waals surface area contributed by atoms with Crippen molar-refractivity contribution in [2.45, 2.75) is 3.79 Å². The van der Waals surface area contributed by atoms with Gasteiger partial charge in [-0.05, 0) is 11.6 Å². The van der Waals surface area contributed by atoms with Crippen molar-refractivity contribution >= 4 is 46.4 Å². The first-order chi connectivity index (χ1) is 5.00. The van der Waals surface area contributed by atoms with Crippen molar-refractivity contribution in [3.63, 3.8) is 0 Å². The number of alkyl halides is 3. The van der Waals surface area contributed by atoms with Gasteiger partial charge in [0, 0.05) is 18.0 Å². The molecule has 60 valence electrons. The summed E-state index contributed by atoms with van der Waals surface area (Å²) >= 11 is 22.0. The molecule has 0 aliphatic heterocycles. The highest BCUT2D eigenvalue weighted by Crippen LogP contribution is 2.37. The molecule has 1 heterocycles. The van der Waals surface area contributed by atoms with E-state index in [4.69, 9.17) is 46.4 Å². The molecule has 6 heteroatoms. The van der Waals surface area contributed by atoms with E-state index in [1.807, 2.05) is 0 Å². The fraction of sp³-hybridized carbons (Fsp3) is 0.200. The van der Waals surface area contributed by atoms with E-state index in [0.717, 1.165) is 0 Å². The minimum absolute atomic E-state index is 0.128. The summed E-state index contributed by atoms with van der Waals surface area (Å²) in [5.74, 6) is 0. The van der Waals surface area contributed by atoms with E-state index in [1.165, 1.54) is 12.4 Å². The fourth-order valence-electron chi connectivity index (χ4n) is 0.459. The van der Waals surface area contributed by atoms with Crippen LogP contribution in [-0.2, 0) is 3.79 Å². The maximum absolute atomic E-state index is 5.52. The number of hydrogen-bond donors (Lipinski definition) is 0. The van der Waals surface area contributed by atoms with Crippen molar-refractivity contribution in [2.75, 3.05) is 0 Å². The molecule has 0 aliphatic rings. The summed E-state index contributed by atoms with van der Waals surface area (Å²) in [6.45, 7) is 0. The standard InChI is InChI=1S/C5H2Cl4N2/c6-4-10-1-3(2-11-4)5(7,8)9/h1-2H. The third-order valence-corrected chi connectivity index (χ3v) is 1.80. The largest absolute Gasteiger partial charge is 0.226 e. The zero-order valence-corrected chi connectivity index (χ0v) is 8.08. The lowest BCUT2D eigenvalue weighted by Crippen LogP contribution is -2.01. The van der Waals surface area contributed by atoms with Gasteiger partial charge in [-0.25, -0.2) is 9.97 Å². The Balaban J connectivity index is 2.99. The zero-order valence-electron chi connectivity index (χ0n) is 5.06. The zero-order chi connectivity index (χ0) is 8.48. The number of hydrogen-bond acceptors (Lipinski definition) is 2. The average Bonchev–Trinajstić information content (AvgIpc) is 1.86. The first-order valence-electron chi connectivity index (χ1n) is 2.55. The van der Waals surface area contributed by atoms with Crippen LogP contribution in [0.25, 0.3) is 0 Å². The summed E-state index contributed by atoms with van der Waals surface area (Å²) in [5, 5.41) is 0.128. The van der Waals surface area contributed by atoms with E-state index in [1.54, 1.807) is 0 Å². The first-order valence-corrected chi connectivity index (χ1v) is 4.06. The summed E-state index contributed by atoms with van der Waals surface area (Å²) in [6, 6.07) is 0. The van der Waals surface area contributed by atoms with Crippen LogP contribution >= 0.6 is 46.4 Å². The van der Waals surface area contributed by atoms with Gasteiger partial charge < -0.3 is 0 Å². The van der Waals surface area contributed by atoms with Gasteiger partial charge in [0.1, 0.15) is 0 Å². The van der Waals surface area contributed by atoms with E-state index in [0.29, 0.717) is 5.56 Å². The molecular weight excluding hydrogens is 230 g/mol. The maximum atomic E-state index is 5.52. The SMILES string of the molecule is Clc1ncc(C(Cl)(Cl)Cl)cn1. The van der Waals surface area contributed by atoms with Crippen molar-refractivity contribution in [1.82, 2.24) is 9.97 Å². The smallest absolute Gasteiger partial charge is 0.222 e. The van der Waals surface area contributed by atoms with Gasteiger partial charge in [0.2, 0.25) is 9.08 Å². The number of nitrogens with zero attached hydrogens (tertiary/aromatic N) is 2. The van der Waals surface area contributed by atoms with Crippen molar-refractivity contribution in [2.24, 2.45) is 0 Å². The molecule has 1 aromatic rings. The van der Waals surface area contributed by atoms with Gasteiger partial charge in [-0.1, -0.05) is 34.8 Å². The van der Waals surface area contributed by atoms with E-state index >= 15 is 0 Å². The molecule has 0 fully saturated rings. The predicted octanol–water partition coefficient (Wildman–Crippen LogP) is 2.96. The lowest BCUT2D eigenvalue weighted by Gasteiger charge is -2.08. The molecule has 0 N–H and O–H groups in total. The highest BCUT2D eigenvalue weighted by Gasteiger charge is 2.23. The highest BCUT2D eigenvalue weighted by molar-refractivity contribution is 6.66. The Kier molecular flexibility index (Phi) is 2.81. The molecule has 0 atom stereocenters. The van der Waals surface area contributed by atoms with Crippen LogP contribution in [0.5, 0.6) is 0 Å². The average molecular weight is 232 g/mol. The van der Waals surface area contributed by atoms with E-state index in [-0.39, 0.29) is 5.28 Å². The van der Waals surface area contributed by atoms with E-state index in [9.17, 15) is 0 Å². The van der Waals surface area contributed by atoms with Crippen LogP contribution in [0.2, 0.25) is 5.28 Å². The summed E-state index contributed by atoms with van der Waals surface area (Å²) in [6.07, 6.45) is 2.73. The Hall–Kier alpha value is 0.240. The summed E-state index contributed by atoms with van der Waals surface area (Å²) in [7, 11) is 0. The molecule has 0 saturated carbocycles. The molecule has 1 rings (SSSR count). The van der Waals surface area contributed by atoms with Gasteiger partial charge in [0.05, 0.1) is 0 Å². The summed E-state index contributed by atoms with van der Waals surface area (Å²) < 4.78 is -1.48. The molecule has 0 aromatic carbocycles. The molecule has 0 unspecified atom stereocenters. The fourth-order valence-corrected chi connectivity index (χ4v) is 0.849. The predicted molar refractivity (Wildman–Crippen MR) is 46.3 cm³/mol. The van der Waals surface area contributed by atoms with Crippen LogP contribution in [0.15, 0.2) is 12.4 Å². The third kappa shape index (κ3) is 2.64. The van der Waals surface area contributed by atoms with Crippen molar-refractivity contribution in [1.29, 1.82) is 0 Å². The van der Waals surface area contributed by atoms with Gasteiger partial charge in [-0.2, -0.15) is 0 Å². The first kappa shape index (κ1) is 9.33. The third-order valence-electron chi connectivity index (χ3n) is 0.948. The van der Waals surface area contributed by atoms with E-state index < -0.39 is 3.79 Å². The maximum Gasteiger partial charge on any atom is 0.222 e. The Morgan fingerprint density at radius 3 is 1.91 bits per heavy atom. The lowest BCUT2D eigenvalue weighted by atomic mass is 10.4. The van der Waals surface area contributed by atoms with Gasteiger partial charge in [-0.3, -0.25) is 0 Å². The van der Waals surface area contributed by atoms with Crippen molar-refractivity contribution in [3.8, 4) is 0 Å². The molecule has 11 heavy (non-hydrogen) atoms. The second-order valence-electron chi connectivity index (χ2n) is 1.74. The van der Waals surface area contributed by atoms with Gasteiger partial charge in [-0.15, -0.1) is 0 Å². The second kappa shape index (κ2) is 3.31. The number of aromatic nitrogens is 2. The quantitative estimate of drug-likeness (QED) is 0.507. The van der Waals surface area contributed by atoms with Crippen LogP contribution in [0.1, 0.15) is 5.56 Å². The summed E-state index contributed by atoms with van der Waals surface area (Å²) in [4.78, 5) is 7.29. The monoisotopic (exact) mass is 230 g/mol. The topological polar surface area (TPSA) is 25.8 Å². The number of rotatable bonds is 0. The van der Waals surface area contributed by atoms with Crippen LogP contribution in [0, 0.1) is 0 Å². The number of halogens is 4. The van der Waals surface area contributed by atoms with Crippen LogP contribution in [0.4, 0.5) is 0 Å². The van der Waals surface area contributed by atoms with E-state index in [2.05, 4.69) is 9.97 Å². The van der Waals surface area contributed by atoms with Crippen molar-refractivity contribution in [3.05, 3.63) is 23.2 Å². The molecule has 0 amide bonds. The minimum atomic E-state index is -1.48. The highest BCUT2D eigenvalue weighted by atomic mass is 35.6. The van der Waals surface area contributed by atoms with Gasteiger partial charge in [0.15, 0.2) is 0 Å². The van der Waals surface area contributed by atoms with Gasteiger partial charge >= 0.3 is 0 Å². The molecule has 0 saturated heterocycles. The molecule has 1 aromatic heterocycles. The molecule has 2 nitrogen and oxygen atoms in total. The Labute approximate surface area is 83.4 Å². The molecule has 0 radical (unpaired) electrons. The van der Waals surface area contributed by atoms with Crippen LogP contribution < -0.4 is 0 Å². The van der Waals surface area contributed by atoms with Gasteiger partial charge in [0.25, 0.3) is 0 Å². The molecule has 0 aliphatic carbocycles. The normalized spacial score (nSPS) is 11.6. The Morgan fingerprint density at radius 2 is 1.55 bits per heavy atom. The van der Waals surface area contributed by atoms with Crippen LogP contribution in [-0.4, -0.2) is 9.97 Å². The Morgan fingerprint density at radius 1 is 1.09 bits per heavy atom. The molecule has 0 bridgehead atoms. The second-order valence-corrected chi connectivity index (χ2v) is 4.36. The summed E-state index contributed by atoms with van der Waals surface area (Å²) in [5.41, 5.74) is 0.395. The lowest BCUT2D eigenvalue weighted by molar-refractivity contribution is 1.08. The molecule has 0 spiro atoms.